The Kier molecular flexibility index (Phi) is 5.14. The average molecular weight is 314 g/mol. The minimum atomic E-state index is -0.319. The normalized spacial score (nSPS) is 10.1. The van der Waals surface area contributed by atoms with Gasteiger partial charge in [0.25, 0.3) is 0 Å². The van der Waals surface area contributed by atoms with Crippen molar-refractivity contribution in [2.75, 3.05) is 18.3 Å². The van der Waals surface area contributed by atoms with E-state index in [4.69, 9.17) is 21.1 Å². The number of hydrogen-bond donors (Lipinski definition) is 1. The summed E-state index contributed by atoms with van der Waals surface area (Å²) in [6.45, 7) is 0.245. The number of hydrogen-bond acceptors (Lipinski definition) is 6. The summed E-state index contributed by atoms with van der Waals surface area (Å²) in [7, 11) is 1.58. The minimum absolute atomic E-state index is 0.118. The third-order valence-corrected chi connectivity index (χ3v) is 3.31. The molecule has 2 aromatic rings. The number of benzene rings is 1. The van der Waals surface area contributed by atoms with Crippen molar-refractivity contribution in [2.45, 2.75) is 6.61 Å². The fraction of sp³-hybridized carbons (Fsp3) is 0.250. The van der Waals surface area contributed by atoms with Crippen LogP contribution in [-0.4, -0.2) is 29.1 Å². The zero-order valence-corrected chi connectivity index (χ0v) is 12.2. The second-order valence-electron chi connectivity index (χ2n) is 3.62. The molecule has 2 rings (SSSR count). The molecule has 0 fully saturated rings. The van der Waals surface area contributed by atoms with Gasteiger partial charge in [-0.1, -0.05) is 23.5 Å². The van der Waals surface area contributed by atoms with E-state index >= 15 is 0 Å². The van der Waals surface area contributed by atoms with Crippen molar-refractivity contribution in [3.63, 3.8) is 0 Å². The van der Waals surface area contributed by atoms with Crippen LogP contribution in [0.15, 0.2) is 24.3 Å². The highest BCUT2D eigenvalue weighted by molar-refractivity contribution is 7.15. The molecule has 1 amide bonds. The molecule has 0 radical (unpaired) electrons. The molecule has 20 heavy (non-hydrogen) atoms. The zero-order valence-electron chi connectivity index (χ0n) is 10.6. The molecule has 0 aliphatic heterocycles. The predicted molar refractivity (Wildman–Crippen MR) is 76.6 cm³/mol. The van der Waals surface area contributed by atoms with Crippen LogP contribution < -0.4 is 14.8 Å². The summed E-state index contributed by atoms with van der Waals surface area (Å²) in [4.78, 5) is 11.1. The summed E-state index contributed by atoms with van der Waals surface area (Å²) in [6, 6.07) is 7.32. The van der Waals surface area contributed by atoms with Crippen molar-refractivity contribution in [1.82, 2.24) is 10.2 Å². The number of rotatable bonds is 6. The van der Waals surface area contributed by atoms with Gasteiger partial charge >= 0.3 is 0 Å². The van der Waals surface area contributed by atoms with Crippen LogP contribution in [0.25, 0.3) is 0 Å². The Balaban J connectivity index is 1.96. The molecular formula is C12H12ClN3O3S. The number of nitrogens with zero attached hydrogens (tertiary/aromatic N) is 2. The van der Waals surface area contributed by atoms with Crippen LogP contribution in [0.4, 0.5) is 5.13 Å². The van der Waals surface area contributed by atoms with E-state index in [0.29, 0.717) is 21.6 Å². The van der Waals surface area contributed by atoms with Gasteiger partial charge in [-0.2, -0.15) is 0 Å². The van der Waals surface area contributed by atoms with Crippen molar-refractivity contribution in [3.8, 4) is 11.5 Å². The predicted octanol–water partition coefficient (Wildman–Crippen LogP) is 2.30. The molecule has 106 valence electrons. The SMILES string of the molecule is COc1ccccc1OCc1nnc(NC(=O)CCl)s1. The van der Waals surface area contributed by atoms with E-state index in [1.165, 1.54) is 11.3 Å². The Morgan fingerprint density at radius 1 is 1.35 bits per heavy atom. The summed E-state index contributed by atoms with van der Waals surface area (Å²) in [5.74, 6) is 0.830. The number of amides is 1. The summed E-state index contributed by atoms with van der Waals surface area (Å²) >= 11 is 6.62. The van der Waals surface area contributed by atoms with E-state index in [1.54, 1.807) is 13.2 Å². The summed E-state index contributed by atoms with van der Waals surface area (Å²) in [6.07, 6.45) is 0. The van der Waals surface area contributed by atoms with E-state index < -0.39 is 0 Å². The average Bonchev–Trinajstić information content (AvgIpc) is 2.92. The van der Waals surface area contributed by atoms with Gasteiger partial charge in [0, 0.05) is 0 Å². The number of ether oxygens (including phenoxy) is 2. The molecule has 6 nitrogen and oxygen atoms in total. The van der Waals surface area contributed by atoms with E-state index in [9.17, 15) is 4.79 Å². The maximum atomic E-state index is 11.1. The molecule has 8 heteroatoms. The number of alkyl halides is 1. The smallest absolute Gasteiger partial charge is 0.241 e. The fourth-order valence-corrected chi connectivity index (χ4v) is 2.13. The number of carbonyl (C=O) groups excluding carboxylic acids is 1. The number of para-hydroxylation sites is 2. The number of methoxy groups -OCH3 is 1. The first-order valence-corrected chi connectivity index (χ1v) is 7.02. The number of carbonyl (C=O) groups is 1. The first-order chi connectivity index (χ1) is 9.72. The van der Waals surface area contributed by atoms with Gasteiger partial charge in [-0.05, 0) is 12.1 Å². The molecule has 0 aliphatic carbocycles. The first kappa shape index (κ1) is 14.5. The fourth-order valence-electron chi connectivity index (χ4n) is 1.39. The molecular weight excluding hydrogens is 302 g/mol. The van der Waals surface area contributed by atoms with Crippen molar-refractivity contribution >= 4 is 34.0 Å². The second-order valence-corrected chi connectivity index (χ2v) is 4.95. The monoisotopic (exact) mass is 313 g/mol. The lowest BCUT2D eigenvalue weighted by atomic mass is 10.3. The number of anilines is 1. The van der Waals surface area contributed by atoms with Gasteiger partial charge in [0.15, 0.2) is 16.5 Å². The topological polar surface area (TPSA) is 73.3 Å². The summed E-state index contributed by atoms with van der Waals surface area (Å²) in [5.41, 5.74) is 0. The molecule has 0 bridgehead atoms. The minimum Gasteiger partial charge on any atom is -0.493 e. The quantitative estimate of drug-likeness (QED) is 0.828. The van der Waals surface area contributed by atoms with Crippen LogP contribution in [0, 0.1) is 0 Å². The third-order valence-electron chi connectivity index (χ3n) is 2.25. The number of nitrogens with one attached hydrogen (secondary N) is 1. The van der Waals surface area contributed by atoms with Gasteiger partial charge in [-0.15, -0.1) is 21.8 Å². The van der Waals surface area contributed by atoms with Crippen LogP contribution in [0.1, 0.15) is 5.01 Å². The lowest BCUT2D eigenvalue weighted by molar-refractivity contribution is -0.113. The largest absolute Gasteiger partial charge is 0.493 e. The highest BCUT2D eigenvalue weighted by atomic mass is 35.5. The van der Waals surface area contributed by atoms with Crippen LogP contribution >= 0.6 is 22.9 Å². The molecule has 0 spiro atoms. The van der Waals surface area contributed by atoms with Crippen molar-refractivity contribution in [2.24, 2.45) is 0 Å². The first-order valence-electron chi connectivity index (χ1n) is 5.67. The van der Waals surface area contributed by atoms with Gasteiger partial charge in [-0.25, -0.2) is 0 Å². The zero-order chi connectivity index (χ0) is 14.4. The Morgan fingerprint density at radius 3 is 2.80 bits per heavy atom. The van der Waals surface area contributed by atoms with Crippen LogP contribution in [-0.2, 0) is 11.4 Å². The van der Waals surface area contributed by atoms with Gasteiger partial charge in [0.05, 0.1) is 7.11 Å². The molecule has 0 unspecified atom stereocenters. The van der Waals surface area contributed by atoms with Crippen LogP contribution in [0.2, 0.25) is 0 Å². The Labute approximate surface area is 124 Å². The highest BCUT2D eigenvalue weighted by Crippen LogP contribution is 2.27. The molecule has 0 aliphatic rings. The summed E-state index contributed by atoms with van der Waals surface area (Å²) < 4.78 is 10.8. The lowest BCUT2D eigenvalue weighted by Gasteiger charge is -2.08. The molecule has 1 N–H and O–H groups in total. The van der Waals surface area contributed by atoms with Gasteiger partial charge in [0.1, 0.15) is 12.5 Å². The van der Waals surface area contributed by atoms with Crippen molar-refractivity contribution < 1.29 is 14.3 Å². The molecule has 0 atom stereocenters. The number of aromatic nitrogens is 2. The van der Waals surface area contributed by atoms with E-state index in [1.807, 2.05) is 18.2 Å². The summed E-state index contributed by atoms with van der Waals surface area (Å²) in [5, 5.41) is 11.3. The van der Waals surface area contributed by atoms with Gasteiger partial charge in [-0.3, -0.25) is 10.1 Å². The Bertz CT molecular complexity index is 591. The molecule has 0 saturated carbocycles. The van der Waals surface area contributed by atoms with E-state index in [-0.39, 0.29) is 18.4 Å². The van der Waals surface area contributed by atoms with Gasteiger partial charge in [0.2, 0.25) is 11.0 Å². The van der Waals surface area contributed by atoms with E-state index in [0.717, 1.165) is 0 Å². The maximum absolute atomic E-state index is 11.1. The lowest BCUT2D eigenvalue weighted by Crippen LogP contribution is -2.12. The standard InChI is InChI=1S/C12H12ClN3O3S/c1-18-8-4-2-3-5-9(8)19-7-11-15-16-12(20-11)14-10(17)6-13/h2-5H,6-7H2,1H3,(H,14,16,17). The molecule has 0 saturated heterocycles. The molecule has 1 aromatic heterocycles. The second kappa shape index (κ2) is 7.06. The van der Waals surface area contributed by atoms with Gasteiger partial charge < -0.3 is 9.47 Å². The molecule has 1 aromatic carbocycles. The third kappa shape index (κ3) is 3.82. The molecule has 1 heterocycles. The van der Waals surface area contributed by atoms with Crippen molar-refractivity contribution in [1.29, 1.82) is 0 Å². The van der Waals surface area contributed by atoms with Crippen LogP contribution in [0.3, 0.4) is 0 Å². The van der Waals surface area contributed by atoms with Crippen LogP contribution in [0.5, 0.6) is 11.5 Å². The highest BCUT2D eigenvalue weighted by Gasteiger charge is 2.09. The van der Waals surface area contributed by atoms with E-state index in [2.05, 4.69) is 15.5 Å². The Morgan fingerprint density at radius 2 is 2.10 bits per heavy atom. The maximum Gasteiger partial charge on any atom is 0.241 e. The Hall–Kier alpha value is -1.86. The van der Waals surface area contributed by atoms with Crippen molar-refractivity contribution in [3.05, 3.63) is 29.3 Å². The number of halogens is 1.